The van der Waals surface area contributed by atoms with Crippen LogP contribution in [-0.4, -0.2) is 43.1 Å². The predicted octanol–water partition coefficient (Wildman–Crippen LogP) is 4.96. The number of imide groups is 1. The normalized spacial score (nSPS) is 13.9. The Morgan fingerprint density at radius 2 is 1.70 bits per heavy atom. The number of ether oxygens (including phenoxy) is 2. The number of aryl methyl sites for hydroxylation is 2. The number of hydrogen-bond donors (Lipinski definition) is 1. The number of carbonyl (C=O) groups is 2. The quantitative estimate of drug-likeness (QED) is 0.387. The Bertz CT molecular complexity index is 1020. The zero-order chi connectivity index (χ0) is 24.0. The molecule has 33 heavy (non-hydrogen) atoms. The molecule has 0 fully saturated rings. The van der Waals surface area contributed by atoms with Gasteiger partial charge in [0, 0.05) is 25.4 Å². The number of amides is 2. The average molecular weight is 451 g/mol. The van der Waals surface area contributed by atoms with Crippen LogP contribution in [0.2, 0.25) is 0 Å². The molecule has 0 bridgehead atoms. The maximum atomic E-state index is 13.3. The average Bonchev–Trinajstić information content (AvgIpc) is 3.02. The second-order valence-corrected chi connectivity index (χ2v) is 8.72. The van der Waals surface area contributed by atoms with E-state index in [9.17, 15) is 9.59 Å². The molecule has 0 aliphatic carbocycles. The van der Waals surface area contributed by atoms with Crippen molar-refractivity contribution in [2.75, 3.05) is 31.7 Å². The number of benzene rings is 2. The van der Waals surface area contributed by atoms with Crippen LogP contribution in [0.3, 0.4) is 0 Å². The molecule has 2 amide bonds. The fourth-order valence-corrected chi connectivity index (χ4v) is 3.58. The third-order valence-electron chi connectivity index (χ3n) is 5.55. The number of anilines is 1. The molecule has 0 radical (unpaired) electrons. The van der Waals surface area contributed by atoms with Crippen molar-refractivity contribution in [2.24, 2.45) is 5.92 Å². The fraction of sp³-hybridized carbons (Fsp3) is 0.407. The van der Waals surface area contributed by atoms with Crippen molar-refractivity contribution in [2.45, 2.75) is 41.0 Å². The lowest BCUT2D eigenvalue weighted by Crippen LogP contribution is -2.34. The van der Waals surface area contributed by atoms with E-state index < -0.39 is 0 Å². The van der Waals surface area contributed by atoms with Crippen LogP contribution >= 0.6 is 0 Å². The zero-order valence-electron chi connectivity index (χ0n) is 20.2. The van der Waals surface area contributed by atoms with E-state index in [1.165, 1.54) is 4.90 Å². The monoisotopic (exact) mass is 450 g/mol. The van der Waals surface area contributed by atoms with Crippen molar-refractivity contribution >= 4 is 23.1 Å². The molecular formula is C27H34N2O4. The molecule has 176 valence electrons. The molecule has 6 nitrogen and oxygen atoms in total. The van der Waals surface area contributed by atoms with Crippen molar-refractivity contribution in [3.63, 3.8) is 0 Å². The molecule has 0 saturated heterocycles. The largest absolute Gasteiger partial charge is 0.493 e. The second kappa shape index (κ2) is 11.1. The van der Waals surface area contributed by atoms with Crippen LogP contribution < -0.4 is 10.1 Å². The van der Waals surface area contributed by atoms with Crippen LogP contribution in [0.5, 0.6) is 5.75 Å². The van der Waals surface area contributed by atoms with Gasteiger partial charge in [-0.1, -0.05) is 32.0 Å². The van der Waals surface area contributed by atoms with Gasteiger partial charge in [-0.3, -0.25) is 14.5 Å². The van der Waals surface area contributed by atoms with Gasteiger partial charge in [0.1, 0.15) is 11.4 Å². The standard InChI is InChI=1S/C27H34N2O4/c1-6-32-15-7-14-29-26(30)24(21-9-12-23(13-10-21)33-17-18(2)3)25(27(29)31)28-22-11-8-19(4)20(5)16-22/h8-13,16,18,28H,6-7,14-15,17H2,1-5H3. The first-order valence-electron chi connectivity index (χ1n) is 11.6. The lowest BCUT2D eigenvalue weighted by atomic mass is 10.0. The maximum Gasteiger partial charge on any atom is 0.278 e. The number of nitrogens with one attached hydrogen (secondary N) is 1. The summed E-state index contributed by atoms with van der Waals surface area (Å²) in [6, 6.07) is 13.3. The number of rotatable bonds is 11. The summed E-state index contributed by atoms with van der Waals surface area (Å²) in [6.45, 7) is 12.2. The van der Waals surface area contributed by atoms with Gasteiger partial charge >= 0.3 is 0 Å². The first kappa shape index (κ1) is 24.5. The predicted molar refractivity (Wildman–Crippen MR) is 131 cm³/mol. The van der Waals surface area contributed by atoms with Gasteiger partial charge in [0.05, 0.1) is 12.2 Å². The highest BCUT2D eigenvalue weighted by atomic mass is 16.5. The minimum atomic E-state index is -0.315. The Labute approximate surface area is 196 Å². The molecule has 0 aromatic heterocycles. The molecule has 2 aromatic carbocycles. The van der Waals surface area contributed by atoms with Gasteiger partial charge in [0.2, 0.25) is 0 Å². The molecule has 0 spiro atoms. The first-order valence-corrected chi connectivity index (χ1v) is 11.6. The van der Waals surface area contributed by atoms with Gasteiger partial charge in [0.25, 0.3) is 11.8 Å². The summed E-state index contributed by atoms with van der Waals surface area (Å²) in [7, 11) is 0. The van der Waals surface area contributed by atoms with Gasteiger partial charge < -0.3 is 14.8 Å². The molecule has 0 atom stereocenters. The smallest absolute Gasteiger partial charge is 0.278 e. The van der Waals surface area contributed by atoms with E-state index >= 15 is 0 Å². The third-order valence-corrected chi connectivity index (χ3v) is 5.55. The van der Waals surface area contributed by atoms with Crippen LogP contribution in [0.15, 0.2) is 48.2 Å². The fourth-order valence-electron chi connectivity index (χ4n) is 3.58. The van der Waals surface area contributed by atoms with E-state index in [-0.39, 0.29) is 11.8 Å². The number of hydrogen-bond acceptors (Lipinski definition) is 5. The molecule has 1 N–H and O–H groups in total. The van der Waals surface area contributed by atoms with E-state index in [2.05, 4.69) is 19.2 Å². The van der Waals surface area contributed by atoms with Gasteiger partial charge in [0.15, 0.2) is 0 Å². The van der Waals surface area contributed by atoms with E-state index in [4.69, 9.17) is 9.47 Å². The van der Waals surface area contributed by atoms with Crippen molar-refractivity contribution < 1.29 is 19.1 Å². The van der Waals surface area contributed by atoms with Crippen molar-refractivity contribution in [3.8, 4) is 5.75 Å². The van der Waals surface area contributed by atoms with Gasteiger partial charge in [-0.2, -0.15) is 0 Å². The van der Waals surface area contributed by atoms with E-state index in [0.29, 0.717) is 55.5 Å². The summed E-state index contributed by atoms with van der Waals surface area (Å²) in [5.41, 5.74) is 4.42. The van der Waals surface area contributed by atoms with Crippen LogP contribution in [0, 0.1) is 19.8 Å². The van der Waals surface area contributed by atoms with Crippen LogP contribution in [-0.2, 0) is 14.3 Å². The Balaban J connectivity index is 1.91. The van der Waals surface area contributed by atoms with E-state index in [1.54, 1.807) is 0 Å². The Hall–Kier alpha value is -3.12. The molecule has 0 unspecified atom stereocenters. The lowest BCUT2D eigenvalue weighted by Gasteiger charge is -2.15. The molecule has 6 heteroatoms. The van der Waals surface area contributed by atoms with E-state index in [0.717, 1.165) is 22.6 Å². The van der Waals surface area contributed by atoms with E-state index in [1.807, 2.05) is 63.2 Å². The van der Waals surface area contributed by atoms with Gasteiger partial charge in [-0.25, -0.2) is 0 Å². The molecular weight excluding hydrogens is 416 g/mol. The van der Waals surface area contributed by atoms with Gasteiger partial charge in [-0.05, 0) is 74.1 Å². The minimum Gasteiger partial charge on any atom is -0.493 e. The number of carbonyl (C=O) groups excluding carboxylic acids is 2. The van der Waals surface area contributed by atoms with Crippen LogP contribution in [0.25, 0.3) is 5.57 Å². The van der Waals surface area contributed by atoms with Crippen molar-refractivity contribution in [3.05, 3.63) is 64.9 Å². The summed E-state index contributed by atoms with van der Waals surface area (Å²) in [4.78, 5) is 27.9. The minimum absolute atomic E-state index is 0.293. The summed E-state index contributed by atoms with van der Waals surface area (Å²) < 4.78 is 11.2. The summed E-state index contributed by atoms with van der Waals surface area (Å²) >= 11 is 0. The van der Waals surface area contributed by atoms with Crippen molar-refractivity contribution in [1.29, 1.82) is 0 Å². The number of nitrogens with zero attached hydrogens (tertiary/aromatic N) is 1. The Morgan fingerprint density at radius 3 is 2.33 bits per heavy atom. The Kier molecular flexibility index (Phi) is 8.28. The van der Waals surface area contributed by atoms with Crippen LogP contribution in [0.4, 0.5) is 5.69 Å². The highest BCUT2D eigenvalue weighted by molar-refractivity contribution is 6.36. The first-order chi connectivity index (χ1) is 15.8. The molecule has 0 saturated carbocycles. The zero-order valence-corrected chi connectivity index (χ0v) is 20.2. The third kappa shape index (κ3) is 6.02. The maximum absolute atomic E-state index is 13.3. The SMILES string of the molecule is CCOCCCN1C(=O)C(Nc2ccc(C)c(C)c2)=C(c2ccc(OCC(C)C)cc2)C1=O. The van der Waals surface area contributed by atoms with Crippen molar-refractivity contribution in [1.82, 2.24) is 4.90 Å². The lowest BCUT2D eigenvalue weighted by molar-refractivity contribution is -0.137. The Morgan fingerprint density at radius 1 is 0.970 bits per heavy atom. The van der Waals surface area contributed by atoms with Crippen LogP contribution in [0.1, 0.15) is 43.9 Å². The molecule has 3 rings (SSSR count). The molecule has 1 aliphatic heterocycles. The molecule has 2 aromatic rings. The second-order valence-electron chi connectivity index (χ2n) is 8.72. The highest BCUT2D eigenvalue weighted by Crippen LogP contribution is 2.32. The summed E-state index contributed by atoms with van der Waals surface area (Å²) in [5, 5.41) is 3.23. The van der Waals surface area contributed by atoms with Gasteiger partial charge in [-0.15, -0.1) is 0 Å². The topological polar surface area (TPSA) is 67.9 Å². The highest BCUT2D eigenvalue weighted by Gasteiger charge is 2.38. The molecule has 1 heterocycles. The molecule has 1 aliphatic rings. The summed E-state index contributed by atoms with van der Waals surface area (Å²) in [5.74, 6) is 0.547. The summed E-state index contributed by atoms with van der Waals surface area (Å²) in [6.07, 6.45) is 0.595.